The lowest BCUT2D eigenvalue weighted by Crippen LogP contribution is -2.28. The molecule has 2 N–H and O–H groups in total. The van der Waals surface area contributed by atoms with E-state index in [1.165, 1.54) is 6.07 Å². The van der Waals surface area contributed by atoms with Crippen LogP contribution < -0.4 is 5.73 Å². The van der Waals surface area contributed by atoms with Gasteiger partial charge in [-0.2, -0.15) is 0 Å². The molecule has 0 aliphatic carbocycles. The van der Waals surface area contributed by atoms with E-state index in [0.717, 1.165) is 6.42 Å². The zero-order chi connectivity index (χ0) is 12.3. The van der Waals surface area contributed by atoms with Gasteiger partial charge in [0.1, 0.15) is 5.82 Å². The van der Waals surface area contributed by atoms with Gasteiger partial charge in [0.25, 0.3) is 0 Å². The second-order valence-corrected chi connectivity index (χ2v) is 5.90. The second-order valence-electron chi connectivity index (χ2n) is 5.46. The van der Waals surface area contributed by atoms with Crippen LogP contribution in [0.2, 0.25) is 5.02 Å². The predicted molar refractivity (Wildman–Crippen MR) is 67.2 cm³/mol. The van der Waals surface area contributed by atoms with Crippen LogP contribution >= 0.6 is 11.6 Å². The number of hydrogen-bond acceptors (Lipinski definition) is 1. The second kappa shape index (κ2) is 5.15. The number of halogens is 2. The van der Waals surface area contributed by atoms with Gasteiger partial charge in [0, 0.05) is 11.1 Å². The van der Waals surface area contributed by atoms with Crippen molar-refractivity contribution in [3.63, 3.8) is 0 Å². The van der Waals surface area contributed by atoms with E-state index in [4.69, 9.17) is 17.3 Å². The van der Waals surface area contributed by atoms with Crippen molar-refractivity contribution in [2.45, 2.75) is 39.7 Å². The maximum Gasteiger partial charge on any atom is 0.126 e. The predicted octanol–water partition coefficient (Wildman–Crippen LogP) is 3.79. The molecule has 1 aromatic rings. The molecule has 1 atom stereocenters. The zero-order valence-corrected chi connectivity index (χ0v) is 10.8. The molecule has 0 amide bonds. The number of hydrogen-bond donors (Lipinski definition) is 1. The average Bonchev–Trinajstić information content (AvgIpc) is 2.08. The molecular weight excluding hydrogens is 225 g/mol. The van der Waals surface area contributed by atoms with Crippen LogP contribution in [0.5, 0.6) is 0 Å². The first-order valence-electron chi connectivity index (χ1n) is 5.47. The number of rotatable bonds is 3. The lowest BCUT2D eigenvalue weighted by atomic mass is 9.86. The third-order valence-electron chi connectivity index (χ3n) is 2.36. The highest BCUT2D eigenvalue weighted by Gasteiger charge is 2.17. The highest BCUT2D eigenvalue weighted by atomic mass is 35.5. The highest BCUT2D eigenvalue weighted by molar-refractivity contribution is 6.30. The molecule has 0 aromatic heterocycles. The molecule has 0 spiro atoms. The fourth-order valence-corrected chi connectivity index (χ4v) is 2.04. The van der Waals surface area contributed by atoms with E-state index in [1.54, 1.807) is 12.1 Å². The van der Waals surface area contributed by atoms with E-state index in [9.17, 15) is 4.39 Å². The normalized spacial score (nSPS) is 13.9. The Morgan fingerprint density at radius 2 is 2.00 bits per heavy atom. The smallest absolute Gasteiger partial charge is 0.126 e. The molecule has 1 nitrogen and oxygen atoms in total. The van der Waals surface area contributed by atoms with Crippen LogP contribution in [0.1, 0.15) is 32.8 Å². The van der Waals surface area contributed by atoms with Gasteiger partial charge < -0.3 is 5.73 Å². The fourth-order valence-electron chi connectivity index (χ4n) is 1.84. The third-order valence-corrected chi connectivity index (χ3v) is 2.60. The lowest BCUT2D eigenvalue weighted by Gasteiger charge is -2.23. The Balaban J connectivity index is 2.69. The summed E-state index contributed by atoms with van der Waals surface area (Å²) in [7, 11) is 0. The largest absolute Gasteiger partial charge is 0.327 e. The molecule has 1 aromatic carbocycles. The number of nitrogens with two attached hydrogens (primary N) is 1. The fraction of sp³-hybridized carbons (Fsp3) is 0.538. The molecule has 0 saturated heterocycles. The first-order chi connectivity index (χ1) is 7.28. The molecule has 0 radical (unpaired) electrons. The van der Waals surface area contributed by atoms with E-state index in [-0.39, 0.29) is 17.3 Å². The molecular formula is C13H19ClFN. The molecule has 0 heterocycles. The van der Waals surface area contributed by atoms with Crippen molar-refractivity contribution in [2.75, 3.05) is 0 Å². The maximum absolute atomic E-state index is 13.4. The van der Waals surface area contributed by atoms with Crippen LogP contribution in [-0.2, 0) is 6.42 Å². The molecule has 0 saturated carbocycles. The highest BCUT2D eigenvalue weighted by Crippen LogP contribution is 2.23. The summed E-state index contributed by atoms with van der Waals surface area (Å²) >= 11 is 5.83. The molecule has 90 valence electrons. The van der Waals surface area contributed by atoms with E-state index in [2.05, 4.69) is 20.8 Å². The molecule has 0 fully saturated rings. The summed E-state index contributed by atoms with van der Waals surface area (Å²) in [5.41, 5.74) is 6.76. The quantitative estimate of drug-likeness (QED) is 0.859. The van der Waals surface area contributed by atoms with Crippen LogP contribution in [0.25, 0.3) is 0 Å². The van der Waals surface area contributed by atoms with Gasteiger partial charge in [0.2, 0.25) is 0 Å². The van der Waals surface area contributed by atoms with Crippen molar-refractivity contribution in [3.8, 4) is 0 Å². The molecule has 1 rings (SSSR count). The standard InChI is InChI=1S/C13H19ClFN/c1-13(2,3)8-11(16)7-9-6-10(14)4-5-12(9)15/h4-6,11H,7-8,16H2,1-3H3. The summed E-state index contributed by atoms with van der Waals surface area (Å²) in [6, 6.07) is 4.56. The van der Waals surface area contributed by atoms with E-state index >= 15 is 0 Å². The van der Waals surface area contributed by atoms with Crippen LogP contribution in [0.4, 0.5) is 4.39 Å². The van der Waals surface area contributed by atoms with Gasteiger partial charge >= 0.3 is 0 Å². The summed E-state index contributed by atoms with van der Waals surface area (Å²) in [4.78, 5) is 0. The summed E-state index contributed by atoms with van der Waals surface area (Å²) < 4.78 is 13.4. The first kappa shape index (κ1) is 13.5. The minimum absolute atomic E-state index is 0.0343. The van der Waals surface area contributed by atoms with Gasteiger partial charge in [-0.25, -0.2) is 4.39 Å². The Kier molecular flexibility index (Phi) is 4.34. The SMILES string of the molecule is CC(C)(C)CC(N)Cc1cc(Cl)ccc1F. The van der Waals surface area contributed by atoms with Crippen molar-refractivity contribution in [2.24, 2.45) is 11.1 Å². The summed E-state index contributed by atoms with van der Waals surface area (Å²) in [6.45, 7) is 6.38. The lowest BCUT2D eigenvalue weighted by molar-refractivity contribution is 0.337. The average molecular weight is 244 g/mol. The Hall–Kier alpha value is -0.600. The van der Waals surface area contributed by atoms with E-state index in [1.807, 2.05) is 0 Å². The zero-order valence-electron chi connectivity index (χ0n) is 10.1. The molecule has 1 unspecified atom stereocenters. The first-order valence-corrected chi connectivity index (χ1v) is 5.85. The van der Waals surface area contributed by atoms with Gasteiger partial charge in [0.05, 0.1) is 0 Å². The van der Waals surface area contributed by atoms with Crippen LogP contribution in [0.15, 0.2) is 18.2 Å². The molecule has 0 aliphatic heterocycles. The van der Waals surface area contributed by atoms with Gasteiger partial charge in [-0.15, -0.1) is 0 Å². The third kappa shape index (κ3) is 4.50. The topological polar surface area (TPSA) is 26.0 Å². The van der Waals surface area contributed by atoms with Crippen LogP contribution in [-0.4, -0.2) is 6.04 Å². The molecule has 16 heavy (non-hydrogen) atoms. The monoisotopic (exact) mass is 243 g/mol. The Labute approximate surface area is 102 Å². The summed E-state index contributed by atoms with van der Waals surface area (Å²) in [5, 5.41) is 0.555. The molecule has 0 aliphatic rings. The van der Waals surface area contributed by atoms with Crippen LogP contribution in [0, 0.1) is 11.2 Å². The number of benzene rings is 1. The maximum atomic E-state index is 13.4. The Morgan fingerprint density at radius 3 is 2.56 bits per heavy atom. The van der Waals surface area contributed by atoms with E-state index < -0.39 is 0 Å². The van der Waals surface area contributed by atoms with E-state index in [0.29, 0.717) is 17.0 Å². The minimum atomic E-state index is -0.228. The Morgan fingerprint density at radius 1 is 1.38 bits per heavy atom. The van der Waals surface area contributed by atoms with Gasteiger partial charge in [0.15, 0.2) is 0 Å². The van der Waals surface area contributed by atoms with Gasteiger partial charge in [-0.05, 0) is 42.0 Å². The Bertz CT molecular complexity index is 357. The molecule has 0 bridgehead atoms. The van der Waals surface area contributed by atoms with Crippen molar-refractivity contribution in [1.82, 2.24) is 0 Å². The van der Waals surface area contributed by atoms with Crippen molar-refractivity contribution in [1.29, 1.82) is 0 Å². The molecule has 3 heteroatoms. The minimum Gasteiger partial charge on any atom is -0.327 e. The van der Waals surface area contributed by atoms with Crippen molar-refractivity contribution >= 4 is 11.6 Å². The van der Waals surface area contributed by atoms with Gasteiger partial charge in [-0.3, -0.25) is 0 Å². The summed E-state index contributed by atoms with van der Waals surface area (Å²) in [5.74, 6) is -0.228. The van der Waals surface area contributed by atoms with Crippen molar-refractivity contribution in [3.05, 3.63) is 34.6 Å². The van der Waals surface area contributed by atoms with Crippen LogP contribution in [0.3, 0.4) is 0 Å². The van der Waals surface area contributed by atoms with Gasteiger partial charge in [-0.1, -0.05) is 32.4 Å². The summed E-state index contributed by atoms with van der Waals surface area (Å²) in [6.07, 6.45) is 1.39. The van der Waals surface area contributed by atoms with Crippen molar-refractivity contribution < 1.29 is 4.39 Å².